The number of aryl methyl sites for hydroxylation is 1. The maximum Gasteiger partial charge on any atom is 0.318 e. The minimum Gasteiger partial charge on any atom is -0.353 e. The SMILES string of the molecule is C[C@@H](NC(=O)N1CCN(c2cc(C#N)ccn2)CC1)c1nncn1C. The number of nitrogens with one attached hydrogen (secondary N) is 1. The molecule has 0 aliphatic carbocycles. The Kier molecular flexibility index (Phi) is 4.79. The van der Waals surface area contributed by atoms with Gasteiger partial charge in [0.15, 0.2) is 5.82 Å². The van der Waals surface area contributed by atoms with E-state index in [0.29, 0.717) is 37.6 Å². The van der Waals surface area contributed by atoms with E-state index in [1.807, 2.05) is 14.0 Å². The van der Waals surface area contributed by atoms with Gasteiger partial charge in [-0.15, -0.1) is 10.2 Å². The molecule has 0 spiro atoms. The minimum absolute atomic E-state index is 0.117. The number of aromatic nitrogens is 4. The quantitative estimate of drug-likeness (QED) is 0.881. The number of amides is 2. The predicted octanol–water partition coefficient (Wildman–Crippen LogP) is 0.675. The number of nitrogens with zero attached hydrogens (tertiary/aromatic N) is 7. The Balaban J connectivity index is 1.56. The fourth-order valence-corrected chi connectivity index (χ4v) is 2.82. The van der Waals surface area contributed by atoms with Gasteiger partial charge < -0.3 is 19.7 Å². The van der Waals surface area contributed by atoms with E-state index >= 15 is 0 Å². The standard InChI is InChI=1S/C16H20N8O/c1-12(15-21-19-11-22(15)2)20-16(25)24-7-5-23(6-8-24)14-9-13(10-17)3-4-18-14/h3-4,9,11-12H,5-8H2,1-2H3,(H,20,25)/t12-/m1/s1. The number of anilines is 1. The van der Waals surface area contributed by atoms with Gasteiger partial charge in [-0.25, -0.2) is 9.78 Å². The highest BCUT2D eigenvalue weighted by atomic mass is 16.2. The van der Waals surface area contributed by atoms with Crippen LogP contribution in [0, 0.1) is 11.3 Å². The van der Waals surface area contributed by atoms with Crippen LogP contribution < -0.4 is 10.2 Å². The Labute approximate surface area is 145 Å². The Bertz CT molecular complexity index is 787. The smallest absolute Gasteiger partial charge is 0.318 e. The predicted molar refractivity (Wildman–Crippen MR) is 90.7 cm³/mol. The first kappa shape index (κ1) is 16.7. The molecule has 0 bridgehead atoms. The molecule has 1 fully saturated rings. The van der Waals surface area contributed by atoms with Crippen LogP contribution in [0.4, 0.5) is 10.6 Å². The molecule has 3 rings (SSSR count). The average Bonchev–Trinajstić information content (AvgIpc) is 3.08. The van der Waals surface area contributed by atoms with E-state index < -0.39 is 0 Å². The molecule has 0 saturated carbocycles. The van der Waals surface area contributed by atoms with Crippen molar-refractivity contribution < 1.29 is 4.79 Å². The molecule has 0 aromatic carbocycles. The molecule has 0 unspecified atom stereocenters. The summed E-state index contributed by atoms with van der Waals surface area (Å²) in [5, 5.41) is 19.8. The van der Waals surface area contributed by atoms with Gasteiger partial charge in [0.25, 0.3) is 0 Å². The monoisotopic (exact) mass is 340 g/mol. The van der Waals surface area contributed by atoms with Crippen LogP contribution >= 0.6 is 0 Å². The molecule has 3 heterocycles. The molecule has 2 aromatic rings. The van der Waals surface area contributed by atoms with Gasteiger partial charge in [0.05, 0.1) is 17.7 Å². The molecule has 9 nitrogen and oxygen atoms in total. The second-order valence-electron chi connectivity index (χ2n) is 5.96. The molecule has 1 atom stereocenters. The summed E-state index contributed by atoms with van der Waals surface area (Å²) in [7, 11) is 1.85. The molecule has 1 aliphatic heterocycles. The number of carbonyl (C=O) groups excluding carboxylic acids is 1. The maximum atomic E-state index is 12.4. The summed E-state index contributed by atoms with van der Waals surface area (Å²) in [4.78, 5) is 20.6. The first-order chi connectivity index (χ1) is 12.1. The Morgan fingerprint density at radius 2 is 2.12 bits per heavy atom. The zero-order valence-electron chi connectivity index (χ0n) is 14.3. The summed E-state index contributed by atoms with van der Waals surface area (Å²) in [6, 6.07) is 5.24. The van der Waals surface area contributed by atoms with E-state index in [4.69, 9.17) is 5.26 Å². The Morgan fingerprint density at radius 1 is 1.36 bits per heavy atom. The second kappa shape index (κ2) is 7.17. The third-order valence-electron chi connectivity index (χ3n) is 4.24. The lowest BCUT2D eigenvalue weighted by Gasteiger charge is -2.35. The number of hydrogen-bond donors (Lipinski definition) is 1. The highest BCUT2D eigenvalue weighted by Crippen LogP contribution is 2.15. The third kappa shape index (κ3) is 3.68. The fourth-order valence-electron chi connectivity index (χ4n) is 2.82. The van der Waals surface area contributed by atoms with Crippen LogP contribution in [-0.4, -0.2) is 56.9 Å². The molecular weight excluding hydrogens is 320 g/mol. The van der Waals surface area contributed by atoms with E-state index in [1.165, 1.54) is 0 Å². The molecule has 2 aromatic heterocycles. The number of hydrogen-bond acceptors (Lipinski definition) is 6. The molecule has 1 aliphatic rings. The van der Waals surface area contributed by atoms with E-state index in [9.17, 15) is 4.79 Å². The van der Waals surface area contributed by atoms with Gasteiger partial charge in [0.1, 0.15) is 12.1 Å². The lowest BCUT2D eigenvalue weighted by atomic mass is 10.2. The van der Waals surface area contributed by atoms with Gasteiger partial charge >= 0.3 is 6.03 Å². The van der Waals surface area contributed by atoms with Gasteiger partial charge in [-0.3, -0.25) is 0 Å². The lowest BCUT2D eigenvalue weighted by molar-refractivity contribution is 0.190. The molecule has 0 radical (unpaired) electrons. The number of rotatable bonds is 3. The number of nitriles is 1. The van der Waals surface area contributed by atoms with Gasteiger partial charge in [-0.2, -0.15) is 5.26 Å². The zero-order valence-corrected chi connectivity index (χ0v) is 14.3. The first-order valence-corrected chi connectivity index (χ1v) is 8.09. The van der Waals surface area contributed by atoms with E-state index in [2.05, 4.69) is 31.5 Å². The van der Waals surface area contributed by atoms with E-state index in [0.717, 1.165) is 5.82 Å². The molecule has 25 heavy (non-hydrogen) atoms. The van der Waals surface area contributed by atoms with Crippen molar-refractivity contribution in [2.45, 2.75) is 13.0 Å². The summed E-state index contributed by atoms with van der Waals surface area (Å²) < 4.78 is 1.79. The van der Waals surface area contributed by atoms with Gasteiger partial charge in [0.2, 0.25) is 0 Å². The second-order valence-corrected chi connectivity index (χ2v) is 5.96. The third-order valence-corrected chi connectivity index (χ3v) is 4.24. The number of piperazine rings is 1. The van der Waals surface area contributed by atoms with Crippen molar-refractivity contribution in [2.24, 2.45) is 7.05 Å². The summed E-state index contributed by atoms with van der Waals surface area (Å²) in [5.41, 5.74) is 0.586. The molecule has 130 valence electrons. The summed E-state index contributed by atoms with van der Waals surface area (Å²) >= 11 is 0. The molecule has 9 heteroatoms. The van der Waals surface area contributed by atoms with E-state index in [-0.39, 0.29) is 12.1 Å². The normalized spacial score (nSPS) is 15.6. The number of carbonyl (C=O) groups is 1. The van der Waals surface area contributed by atoms with Crippen LogP contribution in [0.25, 0.3) is 0 Å². The van der Waals surface area contributed by atoms with Crippen molar-refractivity contribution in [1.82, 2.24) is 30.0 Å². The Hall–Kier alpha value is -3.15. The molecule has 1 N–H and O–H groups in total. The van der Waals surface area contributed by atoms with Gasteiger partial charge in [-0.1, -0.05) is 0 Å². The minimum atomic E-state index is -0.216. The Morgan fingerprint density at radius 3 is 2.76 bits per heavy atom. The maximum absolute atomic E-state index is 12.4. The summed E-state index contributed by atoms with van der Waals surface area (Å²) in [5.74, 6) is 1.48. The van der Waals surface area contributed by atoms with Crippen LogP contribution in [0.5, 0.6) is 0 Å². The van der Waals surface area contributed by atoms with Crippen LogP contribution in [-0.2, 0) is 7.05 Å². The molecule has 2 amide bonds. The first-order valence-electron chi connectivity index (χ1n) is 8.09. The number of urea groups is 1. The van der Waals surface area contributed by atoms with Crippen LogP contribution in [0.15, 0.2) is 24.7 Å². The van der Waals surface area contributed by atoms with Crippen molar-refractivity contribution in [3.63, 3.8) is 0 Å². The van der Waals surface area contributed by atoms with Crippen molar-refractivity contribution >= 4 is 11.8 Å². The highest BCUT2D eigenvalue weighted by molar-refractivity contribution is 5.75. The van der Waals surface area contributed by atoms with Crippen LogP contribution in [0.2, 0.25) is 0 Å². The summed E-state index contributed by atoms with van der Waals surface area (Å²) in [6.45, 7) is 4.42. The van der Waals surface area contributed by atoms with Gasteiger partial charge in [-0.05, 0) is 19.1 Å². The van der Waals surface area contributed by atoms with Crippen molar-refractivity contribution in [3.8, 4) is 6.07 Å². The molecular formula is C16H20N8O. The van der Waals surface area contributed by atoms with Crippen molar-refractivity contribution in [3.05, 3.63) is 36.0 Å². The van der Waals surface area contributed by atoms with Gasteiger partial charge in [0, 0.05) is 39.4 Å². The topological polar surface area (TPSA) is 103 Å². The summed E-state index contributed by atoms with van der Waals surface area (Å²) in [6.07, 6.45) is 3.24. The van der Waals surface area contributed by atoms with Crippen molar-refractivity contribution in [2.75, 3.05) is 31.1 Å². The fraction of sp³-hybridized carbons (Fsp3) is 0.438. The largest absolute Gasteiger partial charge is 0.353 e. The van der Waals surface area contributed by atoms with Crippen LogP contribution in [0.1, 0.15) is 24.4 Å². The molecule has 1 saturated heterocycles. The van der Waals surface area contributed by atoms with Crippen molar-refractivity contribution in [1.29, 1.82) is 5.26 Å². The lowest BCUT2D eigenvalue weighted by Crippen LogP contribution is -2.52. The van der Waals surface area contributed by atoms with Crippen LogP contribution in [0.3, 0.4) is 0 Å². The van der Waals surface area contributed by atoms with E-state index in [1.54, 1.807) is 34.1 Å². The zero-order chi connectivity index (χ0) is 17.8. The average molecular weight is 340 g/mol. The number of pyridine rings is 1. The highest BCUT2D eigenvalue weighted by Gasteiger charge is 2.24.